The standard InChI is InChI=1S/C20H19NO4/c1-13(22)20(14(2)23)18(15-7-5-4-6-8-15)21(19(20)24)16-9-11-17(25-3)12-10-16/h4-12,18H,1-3H3/t18-/m1/s1. The minimum Gasteiger partial charge on any atom is -0.497 e. The Kier molecular flexibility index (Phi) is 4.17. The maximum atomic E-state index is 13.0. The van der Waals surface area contributed by atoms with Crippen LogP contribution in [0.1, 0.15) is 25.5 Å². The van der Waals surface area contributed by atoms with Crippen LogP contribution in [-0.4, -0.2) is 24.6 Å². The van der Waals surface area contributed by atoms with Crippen LogP contribution in [0.15, 0.2) is 54.6 Å². The molecule has 128 valence electrons. The molecule has 0 radical (unpaired) electrons. The second-order valence-electron chi connectivity index (χ2n) is 6.11. The first-order valence-electron chi connectivity index (χ1n) is 7.99. The van der Waals surface area contributed by atoms with Crippen LogP contribution in [0.25, 0.3) is 0 Å². The number of ketones is 2. The third kappa shape index (κ3) is 2.35. The number of Topliss-reactive ketones (excluding diaryl/α,β-unsaturated/α-hetero) is 2. The van der Waals surface area contributed by atoms with Crippen LogP contribution in [0.4, 0.5) is 5.69 Å². The molecular formula is C20H19NO4. The van der Waals surface area contributed by atoms with E-state index in [1.165, 1.54) is 18.7 Å². The van der Waals surface area contributed by atoms with Crippen LogP contribution < -0.4 is 9.64 Å². The molecule has 0 spiro atoms. The lowest BCUT2D eigenvalue weighted by Gasteiger charge is -2.53. The number of anilines is 1. The van der Waals surface area contributed by atoms with E-state index in [0.717, 1.165) is 5.56 Å². The number of carbonyl (C=O) groups is 3. The van der Waals surface area contributed by atoms with Crippen molar-refractivity contribution in [3.8, 4) is 5.75 Å². The van der Waals surface area contributed by atoms with Gasteiger partial charge in [-0.2, -0.15) is 0 Å². The largest absolute Gasteiger partial charge is 0.497 e. The summed E-state index contributed by atoms with van der Waals surface area (Å²) in [5.41, 5.74) is -0.275. The minimum absolute atomic E-state index is 0.427. The maximum Gasteiger partial charge on any atom is 0.251 e. The summed E-state index contributed by atoms with van der Waals surface area (Å²) in [5, 5.41) is 0. The zero-order valence-corrected chi connectivity index (χ0v) is 14.4. The molecule has 5 nitrogen and oxygen atoms in total. The van der Waals surface area contributed by atoms with Gasteiger partial charge < -0.3 is 9.64 Å². The highest BCUT2D eigenvalue weighted by Gasteiger charge is 2.67. The van der Waals surface area contributed by atoms with Crippen LogP contribution in [-0.2, 0) is 14.4 Å². The topological polar surface area (TPSA) is 63.7 Å². The first-order valence-corrected chi connectivity index (χ1v) is 7.99. The number of nitrogens with zero attached hydrogens (tertiary/aromatic N) is 1. The zero-order chi connectivity index (χ0) is 18.2. The summed E-state index contributed by atoms with van der Waals surface area (Å²) in [6, 6.07) is 15.5. The van der Waals surface area contributed by atoms with Crippen LogP contribution in [0.2, 0.25) is 0 Å². The van der Waals surface area contributed by atoms with Crippen molar-refractivity contribution in [3.05, 3.63) is 60.2 Å². The van der Waals surface area contributed by atoms with Crippen molar-refractivity contribution in [2.24, 2.45) is 5.41 Å². The fourth-order valence-corrected chi connectivity index (χ4v) is 3.53. The van der Waals surface area contributed by atoms with Gasteiger partial charge in [-0.05, 0) is 43.7 Å². The number of β-lactam (4-membered cyclic amide) rings is 1. The van der Waals surface area contributed by atoms with Crippen molar-refractivity contribution in [2.75, 3.05) is 12.0 Å². The van der Waals surface area contributed by atoms with Gasteiger partial charge in [-0.25, -0.2) is 0 Å². The average molecular weight is 337 g/mol. The van der Waals surface area contributed by atoms with E-state index in [0.29, 0.717) is 11.4 Å². The predicted octanol–water partition coefficient (Wildman–Crippen LogP) is 2.95. The molecule has 0 bridgehead atoms. The molecular weight excluding hydrogens is 318 g/mol. The van der Waals surface area contributed by atoms with Crippen LogP contribution in [0, 0.1) is 5.41 Å². The van der Waals surface area contributed by atoms with Gasteiger partial charge in [0.2, 0.25) is 0 Å². The first-order chi connectivity index (χ1) is 11.9. The Balaban J connectivity index is 2.13. The van der Waals surface area contributed by atoms with Crippen molar-refractivity contribution < 1.29 is 19.1 Å². The van der Waals surface area contributed by atoms with Crippen molar-refractivity contribution in [2.45, 2.75) is 19.9 Å². The molecule has 1 atom stereocenters. The molecule has 0 N–H and O–H groups in total. The van der Waals surface area contributed by atoms with Crippen LogP contribution in [0.5, 0.6) is 5.75 Å². The van der Waals surface area contributed by atoms with E-state index < -0.39 is 28.9 Å². The SMILES string of the molecule is COc1ccc(N2C(=O)C(C(C)=O)(C(C)=O)[C@H]2c2ccccc2)cc1. The van der Waals surface area contributed by atoms with Gasteiger partial charge in [0.1, 0.15) is 5.75 Å². The van der Waals surface area contributed by atoms with E-state index in [2.05, 4.69) is 0 Å². The normalized spacial score (nSPS) is 18.4. The second kappa shape index (κ2) is 6.16. The lowest BCUT2D eigenvalue weighted by molar-refractivity contribution is -0.156. The molecule has 1 aliphatic heterocycles. The number of rotatable bonds is 5. The fourth-order valence-electron chi connectivity index (χ4n) is 3.53. The fraction of sp³-hybridized carbons (Fsp3) is 0.250. The Hall–Kier alpha value is -2.95. The van der Waals surface area contributed by atoms with Crippen molar-refractivity contribution in [1.82, 2.24) is 0 Å². The monoisotopic (exact) mass is 337 g/mol. The lowest BCUT2D eigenvalue weighted by atomic mass is 9.62. The number of carbonyl (C=O) groups excluding carboxylic acids is 3. The van der Waals surface area contributed by atoms with Crippen LogP contribution >= 0.6 is 0 Å². The smallest absolute Gasteiger partial charge is 0.251 e. The van der Waals surface area contributed by atoms with Crippen molar-refractivity contribution >= 4 is 23.2 Å². The first kappa shape index (κ1) is 16.9. The van der Waals surface area contributed by atoms with Gasteiger partial charge >= 0.3 is 0 Å². The molecule has 0 unspecified atom stereocenters. The Morgan fingerprint density at radius 3 is 2.00 bits per heavy atom. The molecule has 2 aromatic carbocycles. The van der Waals surface area contributed by atoms with Gasteiger partial charge in [0, 0.05) is 5.69 Å². The summed E-state index contributed by atoms with van der Waals surface area (Å²) in [4.78, 5) is 39.2. The number of ether oxygens (including phenoxy) is 1. The summed E-state index contributed by atoms with van der Waals surface area (Å²) >= 11 is 0. The highest BCUT2D eigenvalue weighted by molar-refractivity contribution is 6.32. The van der Waals surface area contributed by atoms with E-state index in [-0.39, 0.29) is 0 Å². The number of methoxy groups -OCH3 is 1. The Bertz CT molecular complexity index is 813. The maximum absolute atomic E-state index is 13.0. The third-order valence-corrected chi connectivity index (χ3v) is 4.80. The molecule has 0 aromatic heterocycles. The van der Waals surface area contributed by atoms with E-state index in [1.54, 1.807) is 31.4 Å². The molecule has 2 aromatic rings. The molecule has 0 aliphatic carbocycles. The van der Waals surface area contributed by atoms with Gasteiger partial charge in [-0.3, -0.25) is 14.4 Å². The molecule has 3 rings (SSSR count). The summed E-state index contributed by atoms with van der Waals surface area (Å²) in [6.45, 7) is 2.61. The zero-order valence-electron chi connectivity index (χ0n) is 14.4. The highest BCUT2D eigenvalue weighted by atomic mass is 16.5. The summed E-state index contributed by atoms with van der Waals surface area (Å²) in [6.07, 6.45) is 0. The minimum atomic E-state index is -1.65. The van der Waals surface area contributed by atoms with E-state index in [9.17, 15) is 14.4 Å². The van der Waals surface area contributed by atoms with E-state index >= 15 is 0 Å². The Morgan fingerprint density at radius 2 is 1.52 bits per heavy atom. The quantitative estimate of drug-likeness (QED) is 0.621. The molecule has 25 heavy (non-hydrogen) atoms. The van der Waals surface area contributed by atoms with Gasteiger partial charge in [0.05, 0.1) is 13.2 Å². The second-order valence-corrected chi connectivity index (χ2v) is 6.11. The highest BCUT2D eigenvalue weighted by Crippen LogP contribution is 2.53. The Labute approximate surface area is 146 Å². The van der Waals surface area contributed by atoms with Crippen molar-refractivity contribution in [3.63, 3.8) is 0 Å². The summed E-state index contributed by atoms with van der Waals surface area (Å²) in [5.74, 6) is -0.670. The van der Waals surface area contributed by atoms with Gasteiger partial charge in [-0.15, -0.1) is 0 Å². The van der Waals surface area contributed by atoms with Gasteiger partial charge in [0.25, 0.3) is 5.91 Å². The van der Waals surface area contributed by atoms with Crippen molar-refractivity contribution in [1.29, 1.82) is 0 Å². The molecule has 0 saturated carbocycles. The third-order valence-electron chi connectivity index (χ3n) is 4.80. The average Bonchev–Trinajstić information content (AvgIpc) is 2.60. The molecule has 1 aliphatic rings. The molecule has 1 saturated heterocycles. The van der Waals surface area contributed by atoms with E-state index in [1.807, 2.05) is 30.3 Å². The molecule has 5 heteroatoms. The van der Waals surface area contributed by atoms with Crippen LogP contribution in [0.3, 0.4) is 0 Å². The number of hydrogen-bond acceptors (Lipinski definition) is 4. The van der Waals surface area contributed by atoms with Gasteiger partial charge in [0.15, 0.2) is 17.0 Å². The van der Waals surface area contributed by atoms with E-state index in [4.69, 9.17) is 4.74 Å². The Morgan fingerprint density at radius 1 is 0.960 bits per heavy atom. The van der Waals surface area contributed by atoms with Gasteiger partial charge in [-0.1, -0.05) is 30.3 Å². The number of amides is 1. The molecule has 1 amide bonds. The summed E-state index contributed by atoms with van der Waals surface area (Å²) in [7, 11) is 1.56. The molecule has 1 fully saturated rings. The number of benzene rings is 2. The summed E-state index contributed by atoms with van der Waals surface area (Å²) < 4.78 is 5.14. The lowest BCUT2D eigenvalue weighted by Crippen LogP contribution is -2.69. The number of hydrogen-bond donors (Lipinski definition) is 0. The molecule has 1 heterocycles. The predicted molar refractivity (Wildman–Crippen MR) is 93.5 cm³/mol.